The zero-order chi connectivity index (χ0) is 19.6. The van der Waals surface area contributed by atoms with Gasteiger partial charge in [-0.05, 0) is 39.2 Å². The number of amides is 1. The smallest absolute Gasteiger partial charge is 0.263 e. The maximum Gasteiger partial charge on any atom is 0.263 e. The summed E-state index contributed by atoms with van der Waals surface area (Å²) in [7, 11) is 0. The lowest BCUT2D eigenvalue weighted by molar-refractivity contribution is -0.121. The highest BCUT2D eigenvalue weighted by molar-refractivity contribution is 8.00. The Balaban J connectivity index is 1.86. The summed E-state index contributed by atoms with van der Waals surface area (Å²) in [6, 6.07) is 0.280. The summed E-state index contributed by atoms with van der Waals surface area (Å²) >= 11 is 2.88. The van der Waals surface area contributed by atoms with Crippen LogP contribution in [-0.2, 0) is 11.3 Å². The molecule has 1 saturated carbocycles. The third-order valence-corrected chi connectivity index (χ3v) is 7.36. The fourth-order valence-electron chi connectivity index (χ4n) is 3.47. The zero-order valence-electron chi connectivity index (χ0n) is 16.2. The number of thiophene rings is 1. The largest absolute Gasteiger partial charge is 0.352 e. The predicted molar refractivity (Wildman–Crippen MR) is 114 cm³/mol. The number of carbonyl (C=O) groups excluding carboxylic acids is 1. The molecule has 0 aliphatic heterocycles. The van der Waals surface area contributed by atoms with E-state index in [1.807, 2.05) is 20.8 Å². The van der Waals surface area contributed by atoms with Crippen LogP contribution in [0.3, 0.4) is 0 Å². The van der Waals surface area contributed by atoms with Crippen molar-refractivity contribution in [3.8, 4) is 0 Å². The van der Waals surface area contributed by atoms with Crippen molar-refractivity contribution < 1.29 is 4.79 Å². The number of hydrogen-bond acceptors (Lipinski definition) is 5. The molecule has 27 heavy (non-hydrogen) atoms. The van der Waals surface area contributed by atoms with Crippen molar-refractivity contribution in [1.82, 2.24) is 14.9 Å². The lowest BCUT2D eigenvalue weighted by atomic mass is 9.95. The van der Waals surface area contributed by atoms with Gasteiger partial charge in [0.05, 0.1) is 10.6 Å². The molecule has 1 fully saturated rings. The molecule has 3 rings (SSSR count). The van der Waals surface area contributed by atoms with Crippen molar-refractivity contribution in [3.05, 3.63) is 33.4 Å². The lowest BCUT2D eigenvalue weighted by Gasteiger charge is -2.24. The van der Waals surface area contributed by atoms with Crippen molar-refractivity contribution in [2.75, 3.05) is 0 Å². The van der Waals surface area contributed by atoms with Gasteiger partial charge >= 0.3 is 0 Å². The van der Waals surface area contributed by atoms with Gasteiger partial charge in [-0.25, -0.2) is 4.98 Å². The summed E-state index contributed by atoms with van der Waals surface area (Å²) in [6.07, 6.45) is 7.43. The van der Waals surface area contributed by atoms with E-state index in [0.717, 1.165) is 28.1 Å². The van der Waals surface area contributed by atoms with Crippen LogP contribution in [0.25, 0.3) is 10.2 Å². The van der Waals surface area contributed by atoms with Crippen molar-refractivity contribution in [2.24, 2.45) is 0 Å². The van der Waals surface area contributed by atoms with E-state index >= 15 is 0 Å². The molecule has 1 aliphatic rings. The monoisotopic (exact) mass is 405 g/mol. The molecule has 2 heterocycles. The van der Waals surface area contributed by atoms with Gasteiger partial charge in [0.2, 0.25) is 5.91 Å². The van der Waals surface area contributed by atoms with Crippen LogP contribution >= 0.6 is 23.1 Å². The zero-order valence-corrected chi connectivity index (χ0v) is 17.8. The first-order chi connectivity index (χ1) is 12.9. The predicted octanol–water partition coefficient (Wildman–Crippen LogP) is 4.19. The number of allylic oxidation sites excluding steroid dienone is 1. The number of carbonyl (C=O) groups is 1. The maximum absolute atomic E-state index is 13.0. The Kier molecular flexibility index (Phi) is 6.42. The second-order valence-electron chi connectivity index (χ2n) is 7.17. The molecule has 1 atom stereocenters. The van der Waals surface area contributed by atoms with Crippen LogP contribution in [0.4, 0.5) is 0 Å². The highest BCUT2D eigenvalue weighted by Crippen LogP contribution is 2.30. The fourth-order valence-corrected chi connectivity index (χ4v) is 5.46. The van der Waals surface area contributed by atoms with Crippen molar-refractivity contribution in [2.45, 2.75) is 75.9 Å². The normalized spacial score (nSPS) is 16.4. The molecule has 0 radical (unpaired) electrons. The third kappa shape index (κ3) is 4.29. The molecule has 1 aliphatic carbocycles. The quantitative estimate of drug-likeness (QED) is 0.445. The van der Waals surface area contributed by atoms with E-state index < -0.39 is 0 Å². The highest BCUT2D eigenvalue weighted by Gasteiger charge is 2.23. The van der Waals surface area contributed by atoms with E-state index in [2.05, 4.69) is 11.9 Å². The first-order valence-corrected chi connectivity index (χ1v) is 11.2. The van der Waals surface area contributed by atoms with Gasteiger partial charge in [-0.2, -0.15) is 0 Å². The van der Waals surface area contributed by atoms with E-state index in [1.54, 1.807) is 10.6 Å². The first kappa shape index (κ1) is 20.1. The van der Waals surface area contributed by atoms with E-state index in [0.29, 0.717) is 17.1 Å². The van der Waals surface area contributed by atoms with Gasteiger partial charge in [-0.1, -0.05) is 37.1 Å². The van der Waals surface area contributed by atoms with Crippen LogP contribution in [0, 0.1) is 13.8 Å². The van der Waals surface area contributed by atoms with Crippen LogP contribution < -0.4 is 10.9 Å². The number of aromatic nitrogens is 2. The molecule has 146 valence electrons. The van der Waals surface area contributed by atoms with Gasteiger partial charge in [0, 0.05) is 17.5 Å². The number of fused-ring (bicyclic) bond motifs is 1. The Bertz CT molecular complexity index is 910. The number of nitrogens with zero attached hydrogens (tertiary/aromatic N) is 2. The van der Waals surface area contributed by atoms with Gasteiger partial charge in [-0.15, -0.1) is 17.9 Å². The van der Waals surface area contributed by atoms with Gasteiger partial charge in [-0.3, -0.25) is 14.2 Å². The van der Waals surface area contributed by atoms with Gasteiger partial charge in [0.15, 0.2) is 5.16 Å². The van der Waals surface area contributed by atoms with Crippen molar-refractivity contribution >= 4 is 39.2 Å². The molecule has 1 amide bonds. The second-order valence-corrected chi connectivity index (χ2v) is 9.68. The molecule has 0 unspecified atom stereocenters. The summed E-state index contributed by atoms with van der Waals surface area (Å²) < 4.78 is 1.63. The molecule has 7 heteroatoms. The Morgan fingerprint density at radius 3 is 2.78 bits per heavy atom. The first-order valence-electron chi connectivity index (χ1n) is 9.50. The van der Waals surface area contributed by atoms with Crippen molar-refractivity contribution in [1.29, 1.82) is 0 Å². The second kappa shape index (κ2) is 8.61. The molecular weight excluding hydrogens is 378 g/mol. The Morgan fingerprint density at radius 1 is 1.41 bits per heavy atom. The summed E-state index contributed by atoms with van der Waals surface area (Å²) in [5.74, 6) is 0.0185. The highest BCUT2D eigenvalue weighted by atomic mass is 32.2. The molecule has 0 aromatic carbocycles. The topological polar surface area (TPSA) is 64.0 Å². The molecule has 0 saturated heterocycles. The minimum atomic E-state index is -0.311. The lowest BCUT2D eigenvalue weighted by Crippen LogP contribution is -2.40. The maximum atomic E-state index is 13.0. The van der Waals surface area contributed by atoms with Gasteiger partial charge in [0.25, 0.3) is 5.56 Å². The van der Waals surface area contributed by atoms with E-state index in [9.17, 15) is 9.59 Å². The Morgan fingerprint density at radius 2 is 2.11 bits per heavy atom. The summed E-state index contributed by atoms with van der Waals surface area (Å²) in [5, 5.41) is 4.12. The number of thioether (sulfide) groups is 1. The van der Waals surface area contributed by atoms with Gasteiger partial charge in [0.1, 0.15) is 4.83 Å². The van der Waals surface area contributed by atoms with Crippen LogP contribution in [-0.4, -0.2) is 26.8 Å². The molecule has 2 aromatic heterocycles. The number of nitrogens with one attached hydrogen (secondary N) is 1. The minimum absolute atomic E-state index is 0.0185. The molecule has 1 N–H and O–H groups in total. The van der Waals surface area contributed by atoms with E-state index in [-0.39, 0.29) is 22.8 Å². The molecular formula is C20H27N3O2S2. The standard InChI is InChI=1S/C20H27N3O2S2/c1-5-11-23-19(25)16-12(2)13(3)26-18(16)22-20(23)27-14(4)17(24)21-15-9-7-6-8-10-15/h5,14-15H,1,6-11H2,2-4H3,(H,21,24)/t14-/m0/s1. The van der Waals surface area contributed by atoms with E-state index in [4.69, 9.17) is 4.98 Å². The average Bonchev–Trinajstić information content (AvgIpc) is 2.93. The SMILES string of the molecule is C=CCn1c(S[C@@H](C)C(=O)NC2CCCCC2)nc2sc(C)c(C)c2c1=O. The number of aryl methyl sites for hydroxylation is 2. The number of hydrogen-bond donors (Lipinski definition) is 1. The summed E-state index contributed by atoms with van der Waals surface area (Å²) in [6.45, 7) is 9.99. The molecule has 0 bridgehead atoms. The van der Waals surface area contributed by atoms with Crippen LogP contribution in [0.2, 0.25) is 0 Å². The van der Waals surface area contributed by atoms with Crippen LogP contribution in [0.1, 0.15) is 49.5 Å². The Hall–Kier alpha value is -1.60. The molecule has 0 spiro atoms. The minimum Gasteiger partial charge on any atom is -0.352 e. The van der Waals surface area contributed by atoms with E-state index in [1.165, 1.54) is 42.4 Å². The fraction of sp³-hybridized carbons (Fsp3) is 0.550. The third-order valence-electron chi connectivity index (χ3n) is 5.17. The molecule has 2 aromatic rings. The number of rotatable bonds is 6. The summed E-state index contributed by atoms with van der Waals surface area (Å²) in [4.78, 5) is 32.2. The summed E-state index contributed by atoms with van der Waals surface area (Å²) in [5.41, 5.74) is 0.939. The Labute approximate surface area is 168 Å². The van der Waals surface area contributed by atoms with Crippen LogP contribution in [0.15, 0.2) is 22.6 Å². The van der Waals surface area contributed by atoms with Gasteiger partial charge < -0.3 is 5.32 Å². The van der Waals surface area contributed by atoms with Crippen LogP contribution in [0.5, 0.6) is 0 Å². The van der Waals surface area contributed by atoms with Crippen molar-refractivity contribution in [3.63, 3.8) is 0 Å². The average molecular weight is 406 g/mol. The molecule has 5 nitrogen and oxygen atoms in total.